The van der Waals surface area contributed by atoms with Crippen LogP contribution in [-0.4, -0.2) is 30.2 Å². The topological polar surface area (TPSA) is 38.8 Å². The first-order chi connectivity index (χ1) is 11.8. The van der Waals surface area contributed by atoms with Gasteiger partial charge in [0.25, 0.3) is 0 Å². The number of rotatable bonds is 5. The second-order valence-electron chi connectivity index (χ2n) is 7.57. The van der Waals surface area contributed by atoms with Gasteiger partial charge >= 0.3 is 6.09 Å². The van der Waals surface area contributed by atoms with Crippen molar-refractivity contribution in [3.8, 4) is 5.75 Å². The van der Waals surface area contributed by atoms with Gasteiger partial charge in [-0.05, 0) is 49.3 Å². The number of amides is 1. The van der Waals surface area contributed by atoms with Crippen LogP contribution in [0.2, 0.25) is 0 Å². The summed E-state index contributed by atoms with van der Waals surface area (Å²) in [4.78, 5) is 14.2. The van der Waals surface area contributed by atoms with E-state index in [0.29, 0.717) is 25.1 Å². The predicted octanol–water partition coefficient (Wildman–Crippen LogP) is 4.38. The number of fused-ring (bicyclic) bond motifs is 1. The summed E-state index contributed by atoms with van der Waals surface area (Å²) < 4.78 is 11.3. The van der Waals surface area contributed by atoms with Gasteiger partial charge in [0.15, 0.2) is 0 Å². The molecule has 0 spiro atoms. The average molecular weight is 329 g/mol. The number of hydrogen-bond acceptors (Lipinski definition) is 3. The molecule has 1 heterocycles. The lowest BCUT2D eigenvalue weighted by Gasteiger charge is -2.43. The van der Waals surface area contributed by atoms with Crippen molar-refractivity contribution in [3.63, 3.8) is 0 Å². The highest BCUT2D eigenvalue weighted by atomic mass is 16.6. The molecule has 1 aliphatic heterocycles. The van der Waals surface area contributed by atoms with Gasteiger partial charge in [-0.25, -0.2) is 4.79 Å². The smallest absolute Gasteiger partial charge is 0.410 e. The molecule has 0 unspecified atom stereocenters. The molecule has 4 heteroatoms. The van der Waals surface area contributed by atoms with Gasteiger partial charge in [-0.2, -0.15) is 0 Å². The Morgan fingerprint density at radius 3 is 2.58 bits per heavy atom. The van der Waals surface area contributed by atoms with Crippen molar-refractivity contribution in [2.75, 3.05) is 13.2 Å². The maximum atomic E-state index is 12.2. The van der Waals surface area contributed by atoms with Crippen molar-refractivity contribution in [2.45, 2.75) is 57.5 Å². The number of benzene rings is 1. The van der Waals surface area contributed by atoms with Gasteiger partial charge in [-0.15, -0.1) is 0 Å². The van der Waals surface area contributed by atoms with E-state index in [2.05, 4.69) is 12.1 Å². The Bertz CT molecular complexity index is 567. The van der Waals surface area contributed by atoms with Gasteiger partial charge in [0.05, 0.1) is 13.2 Å². The number of carbonyl (C=O) groups is 1. The van der Waals surface area contributed by atoms with E-state index in [9.17, 15) is 4.79 Å². The second-order valence-corrected chi connectivity index (χ2v) is 7.57. The first kappa shape index (κ1) is 15.8. The molecule has 0 radical (unpaired) electrons. The molecule has 1 aromatic carbocycles. The highest BCUT2D eigenvalue weighted by Gasteiger charge is 2.38. The van der Waals surface area contributed by atoms with Crippen LogP contribution in [0.25, 0.3) is 0 Å². The van der Waals surface area contributed by atoms with E-state index in [0.717, 1.165) is 30.3 Å². The van der Waals surface area contributed by atoms with Crippen molar-refractivity contribution in [3.05, 3.63) is 29.8 Å². The highest BCUT2D eigenvalue weighted by Crippen LogP contribution is 2.33. The molecule has 1 aromatic rings. The fourth-order valence-electron chi connectivity index (χ4n) is 4.13. The quantitative estimate of drug-likeness (QED) is 0.805. The molecule has 0 N–H and O–H groups in total. The Morgan fingerprint density at radius 1 is 1.04 bits per heavy atom. The van der Waals surface area contributed by atoms with Crippen LogP contribution < -0.4 is 4.74 Å². The Kier molecular flexibility index (Phi) is 4.63. The third kappa shape index (κ3) is 3.38. The Hall–Kier alpha value is -1.71. The van der Waals surface area contributed by atoms with Crippen LogP contribution in [0.4, 0.5) is 4.79 Å². The fourth-order valence-corrected chi connectivity index (χ4v) is 4.13. The van der Waals surface area contributed by atoms with Crippen LogP contribution in [0, 0.1) is 11.8 Å². The summed E-state index contributed by atoms with van der Waals surface area (Å²) in [6.45, 7) is 2.08. The zero-order valence-corrected chi connectivity index (χ0v) is 14.3. The SMILES string of the molecule is O=C1OC[C@@H]2CCCC[C@@H]2N1Cc1ccc(OCC2CCC2)cc1. The van der Waals surface area contributed by atoms with Crippen LogP contribution in [-0.2, 0) is 11.3 Å². The molecular formula is C20H27NO3. The van der Waals surface area contributed by atoms with Gasteiger partial charge in [0.1, 0.15) is 5.75 Å². The van der Waals surface area contributed by atoms with Crippen molar-refractivity contribution < 1.29 is 14.3 Å². The summed E-state index contributed by atoms with van der Waals surface area (Å²) in [6, 6.07) is 8.57. The number of ether oxygens (including phenoxy) is 2. The molecule has 24 heavy (non-hydrogen) atoms. The van der Waals surface area contributed by atoms with E-state index >= 15 is 0 Å². The summed E-state index contributed by atoms with van der Waals surface area (Å²) >= 11 is 0. The molecule has 3 aliphatic rings. The number of hydrogen-bond donors (Lipinski definition) is 0. The maximum absolute atomic E-state index is 12.2. The predicted molar refractivity (Wildman–Crippen MR) is 91.9 cm³/mol. The summed E-state index contributed by atoms with van der Waals surface area (Å²) in [5, 5.41) is 0. The highest BCUT2D eigenvalue weighted by molar-refractivity contribution is 5.69. The minimum Gasteiger partial charge on any atom is -0.493 e. The molecule has 1 saturated heterocycles. The molecule has 1 amide bonds. The fraction of sp³-hybridized carbons (Fsp3) is 0.650. The van der Waals surface area contributed by atoms with E-state index in [1.165, 1.54) is 38.5 Å². The van der Waals surface area contributed by atoms with Crippen molar-refractivity contribution in [1.82, 2.24) is 4.90 Å². The van der Waals surface area contributed by atoms with E-state index in [4.69, 9.17) is 9.47 Å². The van der Waals surface area contributed by atoms with E-state index < -0.39 is 0 Å². The molecule has 2 aliphatic carbocycles. The number of cyclic esters (lactones) is 1. The van der Waals surface area contributed by atoms with Crippen molar-refractivity contribution in [1.29, 1.82) is 0 Å². The average Bonchev–Trinajstić information content (AvgIpc) is 2.57. The van der Waals surface area contributed by atoms with Gasteiger partial charge < -0.3 is 14.4 Å². The first-order valence-electron chi connectivity index (χ1n) is 9.45. The Labute approximate surface area is 144 Å². The molecule has 130 valence electrons. The largest absolute Gasteiger partial charge is 0.493 e. The van der Waals surface area contributed by atoms with Crippen LogP contribution in [0.3, 0.4) is 0 Å². The van der Waals surface area contributed by atoms with Crippen molar-refractivity contribution >= 4 is 6.09 Å². The van der Waals surface area contributed by atoms with Crippen LogP contribution >= 0.6 is 0 Å². The zero-order valence-electron chi connectivity index (χ0n) is 14.3. The normalized spacial score (nSPS) is 27.2. The first-order valence-corrected chi connectivity index (χ1v) is 9.45. The molecule has 4 nitrogen and oxygen atoms in total. The van der Waals surface area contributed by atoms with Crippen molar-refractivity contribution in [2.24, 2.45) is 11.8 Å². The summed E-state index contributed by atoms with van der Waals surface area (Å²) in [5.74, 6) is 2.19. The Morgan fingerprint density at radius 2 is 1.83 bits per heavy atom. The summed E-state index contributed by atoms with van der Waals surface area (Å²) in [5.41, 5.74) is 1.15. The van der Waals surface area contributed by atoms with Gasteiger partial charge in [-0.1, -0.05) is 31.4 Å². The molecule has 2 atom stereocenters. The minimum atomic E-state index is -0.150. The minimum absolute atomic E-state index is 0.150. The van der Waals surface area contributed by atoms with E-state index in [1.54, 1.807) is 0 Å². The molecule has 0 bridgehead atoms. The third-order valence-corrected chi connectivity index (χ3v) is 5.91. The van der Waals surface area contributed by atoms with E-state index in [1.807, 2.05) is 17.0 Å². The summed E-state index contributed by atoms with van der Waals surface area (Å²) in [7, 11) is 0. The number of carbonyl (C=O) groups excluding carboxylic acids is 1. The van der Waals surface area contributed by atoms with Crippen LogP contribution in [0.5, 0.6) is 5.75 Å². The molecular weight excluding hydrogens is 302 g/mol. The van der Waals surface area contributed by atoms with Gasteiger partial charge in [0.2, 0.25) is 0 Å². The maximum Gasteiger partial charge on any atom is 0.410 e. The molecule has 3 fully saturated rings. The van der Waals surface area contributed by atoms with E-state index in [-0.39, 0.29) is 6.09 Å². The second kappa shape index (κ2) is 7.04. The monoisotopic (exact) mass is 329 g/mol. The lowest BCUT2D eigenvalue weighted by molar-refractivity contribution is -0.0121. The summed E-state index contributed by atoms with van der Waals surface area (Å²) in [6.07, 6.45) is 8.59. The molecule has 2 saturated carbocycles. The standard InChI is InChI=1S/C20H27NO3/c22-20-21(19-7-2-1-6-17(19)14-24-20)12-15-8-10-18(11-9-15)23-13-16-4-3-5-16/h8-11,16-17,19H,1-7,12-14H2/t17-,19-/m0/s1. The molecule has 0 aromatic heterocycles. The van der Waals surface area contributed by atoms with Gasteiger partial charge in [-0.3, -0.25) is 0 Å². The molecule has 4 rings (SSSR count). The lowest BCUT2D eigenvalue weighted by Crippen LogP contribution is -2.51. The Balaban J connectivity index is 1.37. The third-order valence-electron chi connectivity index (χ3n) is 5.91. The lowest BCUT2D eigenvalue weighted by atomic mass is 9.83. The zero-order chi connectivity index (χ0) is 16.4. The van der Waals surface area contributed by atoms with Gasteiger partial charge in [0, 0.05) is 18.5 Å². The van der Waals surface area contributed by atoms with Crippen LogP contribution in [0.1, 0.15) is 50.5 Å². The van der Waals surface area contributed by atoms with Crippen LogP contribution in [0.15, 0.2) is 24.3 Å². The number of nitrogens with zero attached hydrogens (tertiary/aromatic N) is 1.